The third kappa shape index (κ3) is 2.49. The van der Waals surface area contributed by atoms with E-state index in [0.29, 0.717) is 0 Å². The molecule has 0 aromatic rings. The minimum atomic E-state index is -2.57. The van der Waals surface area contributed by atoms with E-state index >= 15 is 0 Å². The van der Waals surface area contributed by atoms with Gasteiger partial charge < -0.3 is 20.4 Å². The Morgan fingerprint density at radius 2 is 1.70 bits per heavy atom. The van der Waals surface area contributed by atoms with Crippen LogP contribution in [-0.2, 0) is 14.4 Å². The molecule has 0 bridgehead atoms. The van der Waals surface area contributed by atoms with Crippen molar-refractivity contribution < 1.29 is 34.8 Å². The third-order valence-corrected chi connectivity index (χ3v) is 4.12. The first kappa shape index (κ1) is 16.4. The summed E-state index contributed by atoms with van der Waals surface area (Å²) in [6.07, 6.45) is -0.724. The summed E-state index contributed by atoms with van der Waals surface area (Å²) in [7, 11) is 0. The summed E-state index contributed by atoms with van der Waals surface area (Å²) in [6, 6.07) is 0. The average molecular weight is 288 g/mol. The van der Waals surface area contributed by atoms with Crippen LogP contribution in [0.5, 0.6) is 0 Å². The molecule has 1 saturated carbocycles. The monoisotopic (exact) mass is 288 g/mol. The summed E-state index contributed by atoms with van der Waals surface area (Å²) in [5, 5.41) is 38.2. The predicted octanol–water partition coefficient (Wildman–Crippen LogP) is 0.804. The zero-order chi connectivity index (χ0) is 15.7. The van der Waals surface area contributed by atoms with Crippen LogP contribution in [0, 0.1) is 17.3 Å². The van der Waals surface area contributed by atoms with Crippen LogP contribution in [0.2, 0.25) is 0 Å². The normalized spacial score (nSPS) is 33.9. The minimum Gasteiger partial charge on any atom is -0.481 e. The van der Waals surface area contributed by atoms with Gasteiger partial charge in [-0.2, -0.15) is 0 Å². The SMILES string of the molecule is CC(C)CC1(C(=O)O)CCC(C(=O)O)CC1(O)C(=O)O. The molecule has 1 aliphatic carbocycles. The lowest BCUT2D eigenvalue weighted by Crippen LogP contribution is -2.62. The molecule has 114 valence electrons. The number of carbonyl (C=O) groups is 3. The van der Waals surface area contributed by atoms with Crippen LogP contribution in [0.15, 0.2) is 0 Å². The summed E-state index contributed by atoms with van der Waals surface area (Å²) < 4.78 is 0. The van der Waals surface area contributed by atoms with Gasteiger partial charge in [0.05, 0.1) is 5.92 Å². The Morgan fingerprint density at radius 3 is 2.05 bits per heavy atom. The van der Waals surface area contributed by atoms with Crippen LogP contribution in [0.1, 0.15) is 39.5 Å². The van der Waals surface area contributed by atoms with E-state index < -0.39 is 41.3 Å². The third-order valence-electron chi connectivity index (χ3n) is 4.12. The van der Waals surface area contributed by atoms with Gasteiger partial charge in [0, 0.05) is 6.42 Å². The maximum Gasteiger partial charge on any atom is 0.336 e. The molecule has 0 aromatic heterocycles. The van der Waals surface area contributed by atoms with Crippen molar-refractivity contribution in [1.82, 2.24) is 0 Å². The van der Waals surface area contributed by atoms with Crippen LogP contribution < -0.4 is 0 Å². The van der Waals surface area contributed by atoms with Crippen LogP contribution in [-0.4, -0.2) is 43.9 Å². The highest BCUT2D eigenvalue weighted by molar-refractivity contribution is 5.90. The Morgan fingerprint density at radius 1 is 1.15 bits per heavy atom. The second-order valence-corrected chi connectivity index (χ2v) is 5.93. The quantitative estimate of drug-likeness (QED) is 0.588. The summed E-state index contributed by atoms with van der Waals surface area (Å²) in [5.74, 6) is -5.46. The van der Waals surface area contributed by atoms with Gasteiger partial charge in [0.15, 0.2) is 5.60 Å². The number of carboxylic acids is 3. The second kappa shape index (κ2) is 5.40. The molecule has 1 fully saturated rings. The highest BCUT2D eigenvalue weighted by Crippen LogP contribution is 2.50. The van der Waals surface area contributed by atoms with Gasteiger partial charge in [-0.15, -0.1) is 0 Å². The largest absolute Gasteiger partial charge is 0.481 e. The number of hydrogen-bond acceptors (Lipinski definition) is 4. The summed E-state index contributed by atoms with van der Waals surface area (Å²) in [5.41, 5.74) is -4.41. The molecular formula is C13H20O7. The van der Waals surface area contributed by atoms with E-state index in [4.69, 9.17) is 5.11 Å². The highest BCUT2D eigenvalue weighted by Gasteiger charge is 2.64. The molecule has 3 unspecified atom stereocenters. The van der Waals surface area contributed by atoms with Crippen molar-refractivity contribution in [3.8, 4) is 0 Å². The zero-order valence-corrected chi connectivity index (χ0v) is 11.5. The van der Waals surface area contributed by atoms with Crippen LogP contribution in [0.3, 0.4) is 0 Å². The molecule has 0 heterocycles. The van der Waals surface area contributed by atoms with E-state index in [2.05, 4.69) is 0 Å². The molecular weight excluding hydrogens is 268 g/mol. The fraction of sp³-hybridized carbons (Fsp3) is 0.769. The first-order chi connectivity index (χ1) is 9.06. The zero-order valence-electron chi connectivity index (χ0n) is 11.5. The molecule has 3 atom stereocenters. The van der Waals surface area contributed by atoms with Gasteiger partial charge in [0.1, 0.15) is 5.41 Å². The average Bonchev–Trinajstić information content (AvgIpc) is 2.30. The van der Waals surface area contributed by atoms with Gasteiger partial charge in [0.25, 0.3) is 0 Å². The van der Waals surface area contributed by atoms with Crippen LogP contribution >= 0.6 is 0 Å². The topological polar surface area (TPSA) is 132 Å². The molecule has 1 rings (SSSR count). The molecule has 20 heavy (non-hydrogen) atoms. The van der Waals surface area contributed by atoms with Crippen molar-refractivity contribution in [2.24, 2.45) is 17.3 Å². The first-order valence-corrected chi connectivity index (χ1v) is 6.49. The van der Waals surface area contributed by atoms with Gasteiger partial charge in [0.2, 0.25) is 0 Å². The highest BCUT2D eigenvalue weighted by atomic mass is 16.4. The second-order valence-electron chi connectivity index (χ2n) is 5.93. The molecule has 1 aliphatic rings. The molecule has 0 aromatic carbocycles. The van der Waals surface area contributed by atoms with Gasteiger partial charge in [-0.05, 0) is 25.2 Å². The Bertz CT molecular complexity index is 430. The molecule has 0 spiro atoms. The molecule has 0 aliphatic heterocycles. The molecule has 0 amide bonds. The number of hydrogen-bond donors (Lipinski definition) is 4. The standard InChI is InChI=1S/C13H20O7/c1-7(2)5-12(10(16)17)4-3-8(9(14)15)6-13(12,20)11(18)19/h7-8,20H,3-6H2,1-2H3,(H,14,15)(H,16,17)(H,18,19). The van der Waals surface area contributed by atoms with Crippen molar-refractivity contribution in [1.29, 1.82) is 0 Å². The minimum absolute atomic E-state index is 0.0164. The molecule has 7 heteroatoms. The maximum atomic E-state index is 11.6. The Hall–Kier alpha value is -1.63. The maximum absolute atomic E-state index is 11.6. The Kier molecular flexibility index (Phi) is 4.43. The smallest absolute Gasteiger partial charge is 0.336 e. The number of aliphatic carboxylic acids is 3. The number of aliphatic hydroxyl groups is 1. The summed E-state index contributed by atoms with van der Waals surface area (Å²) >= 11 is 0. The van der Waals surface area contributed by atoms with E-state index in [0.717, 1.165) is 0 Å². The fourth-order valence-electron chi connectivity index (χ4n) is 3.12. The van der Waals surface area contributed by atoms with E-state index in [1.54, 1.807) is 13.8 Å². The van der Waals surface area contributed by atoms with Crippen molar-refractivity contribution in [3.05, 3.63) is 0 Å². The molecule has 7 nitrogen and oxygen atoms in total. The van der Waals surface area contributed by atoms with E-state index in [-0.39, 0.29) is 25.2 Å². The van der Waals surface area contributed by atoms with Crippen LogP contribution in [0.4, 0.5) is 0 Å². The van der Waals surface area contributed by atoms with Gasteiger partial charge in [-0.1, -0.05) is 13.8 Å². The van der Waals surface area contributed by atoms with E-state index in [9.17, 15) is 29.7 Å². The first-order valence-electron chi connectivity index (χ1n) is 6.49. The van der Waals surface area contributed by atoms with Crippen molar-refractivity contribution in [2.75, 3.05) is 0 Å². The predicted molar refractivity (Wildman–Crippen MR) is 67.1 cm³/mol. The molecule has 4 N–H and O–H groups in total. The van der Waals surface area contributed by atoms with Gasteiger partial charge >= 0.3 is 17.9 Å². The molecule has 0 radical (unpaired) electrons. The lowest BCUT2D eigenvalue weighted by molar-refractivity contribution is -0.204. The molecule has 0 saturated heterocycles. The number of carboxylic acid groups (broad SMARTS) is 3. The van der Waals surface area contributed by atoms with Crippen molar-refractivity contribution in [3.63, 3.8) is 0 Å². The number of rotatable bonds is 5. The lowest BCUT2D eigenvalue weighted by atomic mass is 9.57. The van der Waals surface area contributed by atoms with Gasteiger partial charge in [-0.25, -0.2) is 4.79 Å². The Labute approximate surface area is 116 Å². The van der Waals surface area contributed by atoms with E-state index in [1.165, 1.54) is 0 Å². The van der Waals surface area contributed by atoms with Crippen LogP contribution in [0.25, 0.3) is 0 Å². The Balaban J connectivity index is 3.31. The van der Waals surface area contributed by atoms with Crippen molar-refractivity contribution in [2.45, 2.75) is 45.1 Å². The van der Waals surface area contributed by atoms with E-state index in [1.807, 2.05) is 0 Å². The fourth-order valence-corrected chi connectivity index (χ4v) is 3.12. The summed E-state index contributed by atoms with van der Waals surface area (Å²) in [4.78, 5) is 34.1. The lowest BCUT2D eigenvalue weighted by Gasteiger charge is -2.47. The van der Waals surface area contributed by atoms with Gasteiger partial charge in [-0.3, -0.25) is 9.59 Å². The summed E-state index contributed by atoms with van der Waals surface area (Å²) in [6.45, 7) is 3.46. The van der Waals surface area contributed by atoms with Crippen molar-refractivity contribution >= 4 is 17.9 Å².